The van der Waals surface area contributed by atoms with E-state index in [-0.39, 0.29) is 11.4 Å². The Labute approximate surface area is 157 Å². The van der Waals surface area contributed by atoms with Crippen molar-refractivity contribution in [2.24, 2.45) is 0 Å². The van der Waals surface area contributed by atoms with E-state index in [9.17, 15) is 4.79 Å². The van der Waals surface area contributed by atoms with Crippen molar-refractivity contribution in [3.05, 3.63) is 53.7 Å². The van der Waals surface area contributed by atoms with Crippen LogP contribution in [0.15, 0.2) is 42.6 Å². The van der Waals surface area contributed by atoms with Gasteiger partial charge in [-0.25, -0.2) is 15.1 Å². The molecule has 8 heteroatoms. The van der Waals surface area contributed by atoms with Crippen molar-refractivity contribution in [3.63, 3.8) is 0 Å². The van der Waals surface area contributed by atoms with Crippen molar-refractivity contribution >= 4 is 11.7 Å². The van der Waals surface area contributed by atoms with Gasteiger partial charge < -0.3 is 10.1 Å². The van der Waals surface area contributed by atoms with E-state index in [0.29, 0.717) is 11.3 Å². The molecule has 0 atom stereocenters. The van der Waals surface area contributed by atoms with Gasteiger partial charge in [0.25, 0.3) is 5.91 Å². The molecule has 2 aromatic heterocycles. The molecule has 0 saturated carbocycles. The molecule has 1 aromatic carbocycles. The summed E-state index contributed by atoms with van der Waals surface area (Å²) in [6, 6.07) is 11.5. The fraction of sp³-hybridized carbons (Fsp3) is 0.211. The zero-order valence-corrected chi connectivity index (χ0v) is 15.6. The van der Waals surface area contributed by atoms with Crippen LogP contribution in [0.3, 0.4) is 0 Å². The Morgan fingerprint density at radius 3 is 2.56 bits per heavy atom. The van der Waals surface area contributed by atoms with Crippen molar-refractivity contribution in [3.8, 4) is 22.8 Å². The zero-order chi connectivity index (χ0) is 19.4. The first kappa shape index (κ1) is 18.4. The average molecular weight is 367 g/mol. The maximum absolute atomic E-state index is 12.2. The van der Waals surface area contributed by atoms with Gasteiger partial charge >= 0.3 is 0 Å². The highest BCUT2D eigenvalue weighted by Crippen LogP contribution is 2.31. The van der Waals surface area contributed by atoms with Gasteiger partial charge in [-0.1, -0.05) is 18.2 Å². The standard InChI is InChI=1S/C19H21N5O3/c1-12-16(22-24(17(12)20-2)14-8-6-5-7-9-14)13-10-15(18(25)23-27-4)19(26-3)21-11-13/h5-11,20H,1-4H3,(H,23,25). The van der Waals surface area contributed by atoms with Crippen LogP contribution >= 0.6 is 0 Å². The molecule has 8 nitrogen and oxygen atoms in total. The van der Waals surface area contributed by atoms with E-state index >= 15 is 0 Å². The Kier molecular flexibility index (Phi) is 5.37. The molecule has 0 saturated heterocycles. The Morgan fingerprint density at radius 1 is 1.19 bits per heavy atom. The SMILES string of the molecule is CNc1c(C)c(-c2cnc(OC)c(C(=O)NOC)c2)nn1-c1ccccc1. The van der Waals surface area contributed by atoms with E-state index in [4.69, 9.17) is 14.7 Å². The molecular weight excluding hydrogens is 346 g/mol. The lowest BCUT2D eigenvalue weighted by molar-refractivity contribution is 0.0534. The van der Waals surface area contributed by atoms with Gasteiger partial charge in [-0.05, 0) is 25.1 Å². The van der Waals surface area contributed by atoms with Crippen molar-refractivity contribution in [1.29, 1.82) is 0 Å². The fourth-order valence-electron chi connectivity index (χ4n) is 2.87. The normalized spacial score (nSPS) is 10.5. The number of amides is 1. The maximum Gasteiger partial charge on any atom is 0.280 e. The van der Waals surface area contributed by atoms with Gasteiger partial charge in [-0.2, -0.15) is 5.10 Å². The number of ether oxygens (including phenoxy) is 1. The van der Waals surface area contributed by atoms with Crippen LogP contribution in [0.25, 0.3) is 16.9 Å². The number of pyridine rings is 1. The van der Waals surface area contributed by atoms with E-state index in [1.807, 2.05) is 49.0 Å². The first-order valence-electron chi connectivity index (χ1n) is 8.31. The second-order valence-electron chi connectivity index (χ2n) is 5.74. The zero-order valence-electron chi connectivity index (χ0n) is 15.6. The summed E-state index contributed by atoms with van der Waals surface area (Å²) in [7, 11) is 4.67. The number of hydrogen-bond acceptors (Lipinski definition) is 6. The van der Waals surface area contributed by atoms with Crippen LogP contribution in [0.4, 0.5) is 5.82 Å². The summed E-state index contributed by atoms with van der Waals surface area (Å²) >= 11 is 0. The molecule has 0 unspecified atom stereocenters. The number of para-hydroxylation sites is 1. The van der Waals surface area contributed by atoms with Crippen LogP contribution in [0.2, 0.25) is 0 Å². The summed E-state index contributed by atoms with van der Waals surface area (Å²) in [5.74, 6) is 0.620. The number of hydrogen-bond donors (Lipinski definition) is 2. The van der Waals surface area contributed by atoms with Crippen molar-refractivity contribution < 1.29 is 14.4 Å². The Balaban J connectivity index is 2.13. The third-order valence-electron chi connectivity index (χ3n) is 4.12. The summed E-state index contributed by atoms with van der Waals surface area (Å²) < 4.78 is 7.01. The predicted molar refractivity (Wildman–Crippen MR) is 102 cm³/mol. The van der Waals surface area contributed by atoms with Gasteiger partial charge in [0, 0.05) is 24.4 Å². The Hall–Kier alpha value is -3.39. The molecular formula is C19H21N5O3. The highest BCUT2D eigenvalue weighted by Gasteiger charge is 2.20. The van der Waals surface area contributed by atoms with Crippen LogP contribution in [-0.2, 0) is 4.84 Å². The lowest BCUT2D eigenvalue weighted by Gasteiger charge is -2.08. The third kappa shape index (κ3) is 3.47. The summed E-state index contributed by atoms with van der Waals surface area (Å²) in [5, 5.41) is 7.92. The topological polar surface area (TPSA) is 90.3 Å². The second-order valence-corrected chi connectivity index (χ2v) is 5.74. The lowest BCUT2D eigenvalue weighted by Crippen LogP contribution is -2.22. The van der Waals surface area contributed by atoms with Gasteiger partial charge in [0.15, 0.2) is 0 Å². The van der Waals surface area contributed by atoms with Gasteiger partial charge in [0.05, 0.1) is 25.6 Å². The number of carbonyl (C=O) groups is 1. The second kappa shape index (κ2) is 7.88. The molecule has 0 aliphatic rings. The molecule has 27 heavy (non-hydrogen) atoms. The molecule has 0 bridgehead atoms. The Morgan fingerprint density at radius 2 is 1.93 bits per heavy atom. The quantitative estimate of drug-likeness (QED) is 0.651. The monoisotopic (exact) mass is 367 g/mol. The molecule has 0 spiro atoms. The van der Waals surface area contributed by atoms with Gasteiger partial charge in [-0.15, -0.1) is 0 Å². The molecule has 2 N–H and O–H groups in total. The van der Waals surface area contributed by atoms with E-state index in [2.05, 4.69) is 15.8 Å². The number of benzene rings is 1. The van der Waals surface area contributed by atoms with Gasteiger partial charge in [0.2, 0.25) is 5.88 Å². The molecule has 3 rings (SSSR count). The largest absolute Gasteiger partial charge is 0.480 e. The van der Waals surface area contributed by atoms with Crippen molar-refractivity contribution in [2.75, 3.05) is 26.6 Å². The highest BCUT2D eigenvalue weighted by atomic mass is 16.6. The van der Waals surface area contributed by atoms with Crippen LogP contribution < -0.4 is 15.5 Å². The van der Waals surface area contributed by atoms with Crippen LogP contribution in [0.1, 0.15) is 15.9 Å². The molecule has 0 fully saturated rings. The minimum absolute atomic E-state index is 0.210. The third-order valence-corrected chi connectivity index (χ3v) is 4.12. The Bertz CT molecular complexity index is 953. The summed E-state index contributed by atoms with van der Waals surface area (Å²) in [5.41, 5.74) is 5.82. The lowest BCUT2D eigenvalue weighted by atomic mass is 10.1. The van der Waals surface area contributed by atoms with Gasteiger partial charge in [0.1, 0.15) is 11.4 Å². The van der Waals surface area contributed by atoms with E-state index in [0.717, 1.165) is 17.1 Å². The van der Waals surface area contributed by atoms with Crippen LogP contribution in [0, 0.1) is 6.92 Å². The number of nitrogens with one attached hydrogen (secondary N) is 2. The van der Waals surface area contributed by atoms with Gasteiger partial charge in [-0.3, -0.25) is 9.63 Å². The predicted octanol–water partition coefficient (Wildman–Crippen LogP) is 2.58. The first-order chi connectivity index (χ1) is 13.1. The molecule has 3 aromatic rings. The molecule has 2 heterocycles. The molecule has 0 radical (unpaired) electrons. The fourth-order valence-corrected chi connectivity index (χ4v) is 2.87. The number of aromatic nitrogens is 3. The number of rotatable bonds is 6. The minimum atomic E-state index is -0.447. The van der Waals surface area contributed by atoms with Crippen molar-refractivity contribution in [1.82, 2.24) is 20.2 Å². The first-order valence-corrected chi connectivity index (χ1v) is 8.31. The number of nitrogens with zero attached hydrogens (tertiary/aromatic N) is 3. The summed E-state index contributed by atoms with van der Waals surface area (Å²) in [4.78, 5) is 21.2. The number of methoxy groups -OCH3 is 1. The van der Waals surface area contributed by atoms with Crippen LogP contribution in [-0.4, -0.2) is 41.9 Å². The number of carbonyl (C=O) groups excluding carboxylic acids is 1. The number of anilines is 1. The van der Waals surface area contributed by atoms with Crippen molar-refractivity contribution in [2.45, 2.75) is 6.92 Å². The number of hydroxylamine groups is 1. The molecule has 140 valence electrons. The maximum atomic E-state index is 12.2. The summed E-state index contributed by atoms with van der Waals surface area (Å²) in [6.07, 6.45) is 1.63. The average Bonchev–Trinajstić information content (AvgIpc) is 3.04. The van der Waals surface area contributed by atoms with E-state index in [1.54, 1.807) is 12.3 Å². The highest BCUT2D eigenvalue weighted by molar-refractivity contribution is 5.97. The molecule has 0 aliphatic heterocycles. The summed E-state index contributed by atoms with van der Waals surface area (Å²) in [6.45, 7) is 1.97. The minimum Gasteiger partial charge on any atom is -0.480 e. The van der Waals surface area contributed by atoms with E-state index < -0.39 is 5.91 Å². The van der Waals surface area contributed by atoms with E-state index in [1.165, 1.54) is 14.2 Å². The van der Waals surface area contributed by atoms with Crippen LogP contribution in [0.5, 0.6) is 5.88 Å². The smallest absolute Gasteiger partial charge is 0.280 e. The molecule has 1 amide bonds. The molecule has 0 aliphatic carbocycles.